The smallest absolute Gasteiger partial charge is 0.0579 e. The zero-order valence-electron chi connectivity index (χ0n) is 9.18. The van der Waals surface area contributed by atoms with Crippen LogP contribution in [0.4, 0.5) is 0 Å². The summed E-state index contributed by atoms with van der Waals surface area (Å²) in [5, 5.41) is 3.46. The summed E-state index contributed by atoms with van der Waals surface area (Å²) < 4.78 is 5.60. The molecule has 2 heteroatoms. The Balaban J connectivity index is 2.05. The van der Waals surface area contributed by atoms with Crippen LogP contribution in [-0.4, -0.2) is 25.3 Å². The molecule has 0 spiro atoms. The molecule has 1 aliphatic heterocycles. The summed E-state index contributed by atoms with van der Waals surface area (Å²) in [6.07, 6.45) is 4.30. The van der Waals surface area contributed by atoms with E-state index in [1.165, 1.54) is 19.3 Å². The second-order valence-electron chi connectivity index (χ2n) is 4.54. The predicted octanol–water partition coefficient (Wildman–Crippen LogP) is 2.19. The van der Waals surface area contributed by atoms with Gasteiger partial charge in [-0.25, -0.2) is 0 Å². The van der Waals surface area contributed by atoms with E-state index in [-0.39, 0.29) is 0 Å². The van der Waals surface area contributed by atoms with E-state index in [2.05, 4.69) is 26.1 Å². The molecular weight excluding hydrogens is 162 g/mol. The molecule has 78 valence electrons. The maximum Gasteiger partial charge on any atom is 0.0579 e. The van der Waals surface area contributed by atoms with Crippen LogP contribution in [0.25, 0.3) is 0 Å². The van der Waals surface area contributed by atoms with Crippen molar-refractivity contribution in [1.29, 1.82) is 0 Å². The van der Waals surface area contributed by atoms with Gasteiger partial charge in [0.25, 0.3) is 0 Å². The first-order valence-corrected chi connectivity index (χ1v) is 5.53. The van der Waals surface area contributed by atoms with E-state index in [4.69, 9.17) is 4.74 Å². The zero-order valence-corrected chi connectivity index (χ0v) is 9.18. The Morgan fingerprint density at radius 1 is 1.38 bits per heavy atom. The fourth-order valence-corrected chi connectivity index (χ4v) is 1.80. The van der Waals surface area contributed by atoms with Crippen LogP contribution in [0.2, 0.25) is 0 Å². The summed E-state index contributed by atoms with van der Waals surface area (Å²) in [5.41, 5.74) is 0. The fourth-order valence-electron chi connectivity index (χ4n) is 1.80. The highest BCUT2D eigenvalue weighted by molar-refractivity contribution is 4.70. The zero-order chi connectivity index (χ0) is 9.68. The van der Waals surface area contributed by atoms with E-state index in [1.807, 2.05) is 0 Å². The van der Waals surface area contributed by atoms with Gasteiger partial charge in [0, 0.05) is 12.6 Å². The molecule has 1 aliphatic rings. The number of ether oxygens (including phenoxy) is 1. The minimum Gasteiger partial charge on any atom is -0.378 e. The van der Waals surface area contributed by atoms with E-state index in [9.17, 15) is 0 Å². The standard InChI is InChI=1S/C11H23NO/c1-9(2)12-8-10(3)7-11-5-4-6-13-11/h9-12H,4-8H2,1-3H3. The highest BCUT2D eigenvalue weighted by Gasteiger charge is 2.18. The molecule has 0 aliphatic carbocycles. The molecule has 0 amide bonds. The van der Waals surface area contributed by atoms with Gasteiger partial charge in [0.1, 0.15) is 0 Å². The Morgan fingerprint density at radius 2 is 2.15 bits per heavy atom. The van der Waals surface area contributed by atoms with Crippen LogP contribution in [0.3, 0.4) is 0 Å². The second-order valence-corrected chi connectivity index (χ2v) is 4.54. The molecule has 0 bridgehead atoms. The van der Waals surface area contributed by atoms with E-state index >= 15 is 0 Å². The lowest BCUT2D eigenvalue weighted by Crippen LogP contribution is -2.29. The molecule has 0 aromatic heterocycles. The van der Waals surface area contributed by atoms with Crippen molar-refractivity contribution in [2.45, 2.75) is 52.2 Å². The van der Waals surface area contributed by atoms with Gasteiger partial charge in [0.15, 0.2) is 0 Å². The predicted molar refractivity (Wildman–Crippen MR) is 55.9 cm³/mol. The van der Waals surface area contributed by atoms with Crippen LogP contribution in [0.15, 0.2) is 0 Å². The van der Waals surface area contributed by atoms with Gasteiger partial charge in [-0.15, -0.1) is 0 Å². The number of hydrogen-bond acceptors (Lipinski definition) is 2. The molecule has 1 rings (SSSR count). The van der Waals surface area contributed by atoms with Crippen molar-refractivity contribution in [3.8, 4) is 0 Å². The van der Waals surface area contributed by atoms with Gasteiger partial charge in [0.05, 0.1) is 6.10 Å². The van der Waals surface area contributed by atoms with Gasteiger partial charge < -0.3 is 10.1 Å². The average Bonchev–Trinajstić information content (AvgIpc) is 2.53. The minimum absolute atomic E-state index is 0.545. The van der Waals surface area contributed by atoms with E-state index in [0.717, 1.165) is 19.1 Å². The molecule has 1 heterocycles. The fraction of sp³-hybridized carbons (Fsp3) is 1.00. The third-order valence-electron chi connectivity index (χ3n) is 2.56. The number of hydrogen-bond donors (Lipinski definition) is 1. The molecular formula is C11H23NO. The SMILES string of the molecule is CC(CNC(C)C)CC1CCCO1. The van der Waals surface area contributed by atoms with Crippen LogP contribution in [0, 0.1) is 5.92 Å². The molecule has 0 radical (unpaired) electrons. The van der Waals surface area contributed by atoms with E-state index in [0.29, 0.717) is 12.1 Å². The minimum atomic E-state index is 0.545. The number of nitrogens with one attached hydrogen (secondary N) is 1. The van der Waals surface area contributed by atoms with Crippen molar-refractivity contribution in [2.24, 2.45) is 5.92 Å². The van der Waals surface area contributed by atoms with Crippen molar-refractivity contribution in [1.82, 2.24) is 5.32 Å². The van der Waals surface area contributed by atoms with Crippen molar-refractivity contribution < 1.29 is 4.74 Å². The lowest BCUT2D eigenvalue weighted by Gasteiger charge is -2.18. The van der Waals surface area contributed by atoms with Gasteiger partial charge in [-0.3, -0.25) is 0 Å². The van der Waals surface area contributed by atoms with E-state index in [1.54, 1.807) is 0 Å². The molecule has 0 aromatic rings. The van der Waals surface area contributed by atoms with E-state index < -0.39 is 0 Å². The van der Waals surface area contributed by atoms with Gasteiger partial charge >= 0.3 is 0 Å². The molecule has 0 aromatic carbocycles. The van der Waals surface area contributed by atoms with Gasteiger partial charge in [-0.2, -0.15) is 0 Å². The van der Waals surface area contributed by atoms with Crippen molar-refractivity contribution in [3.05, 3.63) is 0 Å². The number of rotatable bonds is 5. The summed E-state index contributed by atoms with van der Waals surface area (Å²) in [6.45, 7) is 8.79. The van der Waals surface area contributed by atoms with Crippen LogP contribution in [0.5, 0.6) is 0 Å². The topological polar surface area (TPSA) is 21.3 Å². The molecule has 1 N–H and O–H groups in total. The molecule has 2 atom stereocenters. The lowest BCUT2D eigenvalue weighted by atomic mass is 10.0. The summed E-state index contributed by atoms with van der Waals surface area (Å²) >= 11 is 0. The summed E-state index contributed by atoms with van der Waals surface area (Å²) in [7, 11) is 0. The third-order valence-corrected chi connectivity index (χ3v) is 2.56. The molecule has 0 saturated carbocycles. The first-order valence-electron chi connectivity index (χ1n) is 5.53. The summed E-state index contributed by atoms with van der Waals surface area (Å²) in [6, 6.07) is 0.604. The Hall–Kier alpha value is -0.0800. The largest absolute Gasteiger partial charge is 0.378 e. The highest BCUT2D eigenvalue weighted by Crippen LogP contribution is 2.19. The Bertz CT molecular complexity index is 130. The van der Waals surface area contributed by atoms with Crippen molar-refractivity contribution >= 4 is 0 Å². The van der Waals surface area contributed by atoms with Crippen LogP contribution < -0.4 is 5.32 Å². The quantitative estimate of drug-likeness (QED) is 0.709. The van der Waals surface area contributed by atoms with Crippen LogP contribution >= 0.6 is 0 Å². The van der Waals surface area contributed by atoms with Crippen molar-refractivity contribution in [3.63, 3.8) is 0 Å². The van der Waals surface area contributed by atoms with Crippen LogP contribution in [0.1, 0.15) is 40.0 Å². The lowest BCUT2D eigenvalue weighted by molar-refractivity contribution is 0.0914. The maximum atomic E-state index is 5.60. The summed E-state index contributed by atoms with van der Waals surface area (Å²) in [5.74, 6) is 0.741. The molecule has 2 nitrogen and oxygen atoms in total. The van der Waals surface area contributed by atoms with Gasteiger partial charge in [-0.05, 0) is 31.7 Å². The van der Waals surface area contributed by atoms with Crippen LogP contribution in [-0.2, 0) is 4.74 Å². The molecule has 13 heavy (non-hydrogen) atoms. The highest BCUT2D eigenvalue weighted by atomic mass is 16.5. The monoisotopic (exact) mass is 185 g/mol. The molecule has 2 unspecified atom stereocenters. The Labute approximate surface area is 82.0 Å². The average molecular weight is 185 g/mol. The molecule has 1 saturated heterocycles. The van der Waals surface area contributed by atoms with Gasteiger partial charge in [-0.1, -0.05) is 20.8 Å². The maximum absolute atomic E-state index is 5.60. The summed E-state index contributed by atoms with van der Waals surface area (Å²) in [4.78, 5) is 0. The van der Waals surface area contributed by atoms with Crippen molar-refractivity contribution in [2.75, 3.05) is 13.2 Å². The Kier molecular flexibility index (Phi) is 4.74. The molecule has 1 fully saturated rings. The first kappa shape index (κ1) is 11.0. The normalized spacial score (nSPS) is 25.4. The Morgan fingerprint density at radius 3 is 2.69 bits per heavy atom. The second kappa shape index (κ2) is 5.61. The first-order chi connectivity index (χ1) is 6.18. The van der Waals surface area contributed by atoms with Gasteiger partial charge in [0.2, 0.25) is 0 Å². The third kappa shape index (κ3) is 4.63.